The number of quaternary nitrogens is 1. The maximum absolute atomic E-state index is 11.1. The molecular weight excluding hydrogens is 374 g/mol. The maximum Gasteiger partial charge on any atom is 0.211 e. The average Bonchev–Trinajstić information content (AvgIpc) is 3.09. The van der Waals surface area contributed by atoms with Crippen molar-refractivity contribution in [1.82, 2.24) is 0 Å². The van der Waals surface area contributed by atoms with E-state index in [1.54, 1.807) is 6.20 Å². The molecular formula is C25H45N3O2. The molecule has 1 aliphatic rings. The number of hydrogen-bond donors (Lipinski definition) is 1. The molecule has 0 aromatic carbocycles. The van der Waals surface area contributed by atoms with Crippen LogP contribution in [-0.2, 0) is 4.79 Å². The normalized spacial score (nSPS) is 18.4. The third kappa shape index (κ3) is 11.7. The van der Waals surface area contributed by atoms with E-state index < -0.39 is 5.97 Å². The molecule has 0 aromatic heterocycles. The number of nitrogens with two attached hydrogens (primary N) is 1. The number of allylic oxidation sites excluding steroid dienone is 1. The molecule has 1 rings (SSSR count). The SMILES string of the molecule is CCCCCCCCCCCCCCC/C=C/CC1=NC=C[N+]1(CCN)CC(=O)[O-]. The minimum Gasteiger partial charge on any atom is -0.544 e. The molecule has 0 saturated carbocycles. The molecule has 1 atom stereocenters. The molecule has 2 N–H and O–H groups in total. The van der Waals surface area contributed by atoms with Gasteiger partial charge in [0.15, 0.2) is 0 Å². The fourth-order valence-corrected chi connectivity index (χ4v) is 4.16. The van der Waals surface area contributed by atoms with Crippen molar-refractivity contribution in [2.75, 3.05) is 19.6 Å². The summed E-state index contributed by atoms with van der Waals surface area (Å²) in [6.07, 6.45) is 27.4. The van der Waals surface area contributed by atoms with Crippen LogP contribution >= 0.6 is 0 Å². The van der Waals surface area contributed by atoms with E-state index in [1.807, 2.05) is 6.20 Å². The Morgan fingerprint density at radius 1 is 0.967 bits per heavy atom. The van der Waals surface area contributed by atoms with E-state index >= 15 is 0 Å². The number of carboxylic acids is 1. The second-order valence-corrected chi connectivity index (χ2v) is 8.63. The second-order valence-electron chi connectivity index (χ2n) is 8.63. The number of carbonyl (C=O) groups is 1. The first-order valence-corrected chi connectivity index (χ1v) is 12.3. The van der Waals surface area contributed by atoms with Crippen molar-refractivity contribution >= 4 is 11.8 Å². The van der Waals surface area contributed by atoms with Gasteiger partial charge < -0.3 is 15.6 Å². The summed E-state index contributed by atoms with van der Waals surface area (Å²) in [5.41, 5.74) is 5.69. The summed E-state index contributed by atoms with van der Waals surface area (Å²) >= 11 is 0. The van der Waals surface area contributed by atoms with Gasteiger partial charge in [-0.1, -0.05) is 96.1 Å². The molecule has 0 aromatic rings. The van der Waals surface area contributed by atoms with Gasteiger partial charge in [-0.2, -0.15) is 0 Å². The van der Waals surface area contributed by atoms with Crippen molar-refractivity contribution in [1.29, 1.82) is 0 Å². The number of rotatable bonds is 20. The van der Waals surface area contributed by atoms with Gasteiger partial charge in [-0.05, 0) is 12.8 Å². The number of aliphatic imine (C=N–C) groups is 1. The smallest absolute Gasteiger partial charge is 0.211 e. The second kappa shape index (κ2) is 17.2. The van der Waals surface area contributed by atoms with Gasteiger partial charge in [0.25, 0.3) is 0 Å². The number of nitrogens with zero attached hydrogens (tertiary/aromatic N) is 2. The summed E-state index contributed by atoms with van der Waals surface area (Å²) in [6.45, 7) is 3.13. The molecule has 5 heteroatoms. The van der Waals surface area contributed by atoms with Crippen LogP contribution in [0.15, 0.2) is 29.5 Å². The summed E-state index contributed by atoms with van der Waals surface area (Å²) in [4.78, 5) is 15.5. The van der Waals surface area contributed by atoms with Gasteiger partial charge in [0.2, 0.25) is 5.84 Å². The van der Waals surface area contributed by atoms with Crippen molar-refractivity contribution in [3.63, 3.8) is 0 Å². The fraction of sp³-hybridized carbons (Fsp3) is 0.760. The number of aliphatic carboxylic acids is 1. The van der Waals surface area contributed by atoms with Crippen LogP contribution in [0.3, 0.4) is 0 Å². The van der Waals surface area contributed by atoms with Crippen LogP contribution in [0.4, 0.5) is 0 Å². The van der Waals surface area contributed by atoms with E-state index in [4.69, 9.17) is 5.73 Å². The zero-order chi connectivity index (χ0) is 21.9. The van der Waals surface area contributed by atoms with Gasteiger partial charge in [-0.15, -0.1) is 0 Å². The van der Waals surface area contributed by atoms with Gasteiger partial charge in [-0.25, -0.2) is 9.48 Å². The Kier molecular flexibility index (Phi) is 15.3. The third-order valence-corrected chi connectivity index (χ3v) is 5.97. The largest absolute Gasteiger partial charge is 0.544 e. The molecule has 0 amide bonds. The van der Waals surface area contributed by atoms with E-state index in [-0.39, 0.29) is 11.0 Å². The van der Waals surface area contributed by atoms with E-state index in [2.05, 4.69) is 24.1 Å². The topological polar surface area (TPSA) is 78.5 Å². The Bertz CT molecular complexity index is 543. The Hall–Kier alpha value is -1.46. The van der Waals surface area contributed by atoms with E-state index in [0.717, 1.165) is 12.3 Å². The predicted molar refractivity (Wildman–Crippen MR) is 125 cm³/mol. The first-order chi connectivity index (χ1) is 14.6. The Labute approximate surface area is 184 Å². The quantitative estimate of drug-likeness (QED) is 0.174. The minimum absolute atomic E-state index is 0.0980. The van der Waals surface area contributed by atoms with Gasteiger partial charge in [0.05, 0.1) is 18.6 Å². The van der Waals surface area contributed by atoms with Gasteiger partial charge >= 0.3 is 0 Å². The maximum atomic E-state index is 11.1. The summed E-state index contributed by atoms with van der Waals surface area (Å²) in [6, 6.07) is 0. The standard InChI is InChI=1S/C25H45N3O2/c1-2-3-4-5-6-7-8-9-10-11-12-13-14-15-16-17-18-24-27-20-22-28(24,21-19-26)23-25(29)30/h16-17,20,22H,2-15,18-19,21,23,26H2,1H3/b17-16+. The molecule has 0 bridgehead atoms. The first kappa shape index (κ1) is 26.6. The monoisotopic (exact) mass is 419 g/mol. The zero-order valence-corrected chi connectivity index (χ0v) is 19.3. The molecule has 1 unspecified atom stereocenters. The number of hydrogen-bond acceptors (Lipinski definition) is 4. The first-order valence-electron chi connectivity index (χ1n) is 12.3. The zero-order valence-electron chi connectivity index (χ0n) is 19.3. The van der Waals surface area contributed by atoms with Crippen molar-refractivity contribution in [2.24, 2.45) is 10.7 Å². The van der Waals surface area contributed by atoms with E-state index in [0.29, 0.717) is 19.5 Å². The highest BCUT2D eigenvalue weighted by molar-refractivity contribution is 5.82. The van der Waals surface area contributed by atoms with Crippen molar-refractivity contribution < 1.29 is 14.4 Å². The van der Waals surface area contributed by atoms with Crippen molar-refractivity contribution in [2.45, 2.75) is 103 Å². The highest BCUT2D eigenvalue weighted by Crippen LogP contribution is 2.19. The highest BCUT2D eigenvalue weighted by Gasteiger charge is 2.33. The Morgan fingerprint density at radius 3 is 2.07 bits per heavy atom. The lowest BCUT2D eigenvalue weighted by Crippen LogP contribution is -2.54. The molecule has 172 valence electrons. The third-order valence-electron chi connectivity index (χ3n) is 5.97. The molecule has 0 radical (unpaired) electrons. The molecule has 30 heavy (non-hydrogen) atoms. The van der Waals surface area contributed by atoms with Crippen LogP contribution in [0.25, 0.3) is 0 Å². The number of amidine groups is 1. The van der Waals surface area contributed by atoms with Gasteiger partial charge in [-0.3, -0.25) is 0 Å². The molecule has 1 heterocycles. The molecule has 0 saturated heterocycles. The molecule has 5 nitrogen and oxygen atoms in total. The Balaban J connectivity index is 2.02. The average molecular weight is 420 g/mol. The van der Waals surface area contributed by atoms with E-state index in [1.165, 1.54) is 83.5 Å². The summed E-state index contributed by atoms with van der Waals surface area (Å²) in [5, 5.41) is 11.1. The highest BCUT2D eigenvalue weighted by atomic mass is 16.4. The lowest BCUT2D eigenvalue weighted by atomic mass is 10.0. The predicted octanol–water partition coefficient (Wildman–Crippen LogP) is 4.82. The molecule has 0 fully saturated rings. The lowest BCUT2D eigenvalue weighted by molar-refractivity contribution is -0.780. The number of unbranched alkanes of at least 4 members (excludes halogenated alkanes) is 13. The molecule has 1 aliphatic heterocycles. The van der Waals surface area contributed by atoms with Crippen molar-refractivity contribution in [3.8, 4) is 0 Å². The van der Waals surface area contributed by atoms with Crippen molar-refractivity contribution in [3.05, 3.63) is 24.6 Å². The number of carbonyl (C=O) groups excluding carboxylic acids is 1. The van der Waals surface area contributed by atoms with Crippen LogP contribution in [-0.4, -0.2) is 35.9 Å². The summed E-state index contributed by atoms with van der Waals surface area (Å²) in [5.74, 6) is -0.232. The lowest BCUT2D eigenvalue weighted by Gasteiger charge is -2.32. The van der Waals surface area contributed by atoms with Crippen LogP contribution < -0.4 is 10.8 Å². The van der Waals surface area contributed by atoms with Crippen LogP contribution in [0.5, 0.6) is 0 Å². The summed E-state index contributed by atoms with van der Waals surface area (Å²) in [7, 11) is 0. The molecule has 0 aliphatic carbocycles. The van der Waals surface area contributed by atoms with Crippen LogP contribution in [0.1, 0.15) is 103 Å². The van der Waals surface area contributed by atoms with E-state index in [9.17, 15) is 9.90 Å². The van der Waals surface area contributed by atoms with Crippen LogP contribution in [0, 0.1) is 0 Å². The van der Waals surface area contributed by atoms with Crippen LogP contribution in [0.2, 0.25) is 0 Å². The molecule has 0 spiro atoms. The van der Waals surface area contributed by atoms with Gasteiger partial charge in [0.1, 0.15) is 19.3 Å². The number of carboxylic acid groups (broad SMARTS) is 1. The minimum atomic E-state index is -1.07. The Morgan fingerprint density at radius 2 is 1.53 bits per heavy atom. The fourth-order valence-electron chi connectivity index (χ4n) is 4.16. The van der Waals surface area contributed by atoms with Gasteiger partial charge in [0, 0.05) is 6.54 Å². The summed E-state index contributed by atoms with van der Waals surface area (Å²) < 4.78 is 0.196.